The second-order valence-electron chi connectivity index (χ2n) is 8.52. The Morgan fingerprint density at radius 1 is 0.412 bits per heavy atom. The molecule has 0 heterocycles. The normalized spacial score (nSPS) is 11.4. The second-order valence-corrected chi connectivity index (χ2v) is 14.8. The number of rotatable bonds is 8. The van der Waals surface area contributed by atoms with Crippen molar-refractivity contribution in [2.24, 2.45) is 0 Å². The van der Waals surface area contributed by atoms with Crippen LogP contribution < -0.4 is 21.2 Å². The summed E-state index contributed by atoms with van der Waals surface area (Å²) in [6.07, 6.45) is 1.07. The predicted molar refractivity (Wildman–Crippen MR) is 153 cm³/mol. The monoisotopic (exact) mass is 475 g/mol. The maximum absolute atomic E-state index is 2.37. The van der Waals surface area contributed by atoms with Gasteiger partial charge in [0.1, 0.15) is 0 Å². The van der Waals surface area contributed by atoms with Crippen LogP contribution in [0.25, 0.3) is 0 Å². The van der Waals surface area contributed by atoms with Gasteiger partial charge in [-0.1, -0.05) is 127 Å². The van der Waals surface area contributed by atoms with E-state index in [0.717, 1.165) is 12.1 Å². The van der Waals surface area contributed by atoms with Crippen molar-refractivity contribution in [1.82, 2.24) is 0 Å². The fourth-order valence-electron chi connectivity index (χ4n) is 4.64. The lowest BCUT2D eigenvalue weighted by molar-refractivity contribution is 1.38. The van der Waals surface area contributed by atoms with Gasteiger partial charge >= 0.3 is 0 Å². The maximum atomic E-state index is 2.37. The van der Waals surface area contributed by atoms with Crippen molar-refractivity contribution in [2.45, 2.75) is 6.16 Å². The number of hydrogen-bond donors (Lipinski definition) is 0. The molecular formula is C32H29P2+. The lowest BCUT2D eigenvalue weighted by Gasteiger charge is -2.32. The summed E-state index contributed by atoms with van der Waals surface area (Å²) in [5.74, 6) is 1.15. The molecule has 5 rings (SSSR count). The molecule has 0 bridgehead atoms. The summed E-state index contributed by atoms with van der Waals surface area (Å²) < 4.78 is 0. The summed E-state index contributed by atoms with van der Waals surface area (Å²) in [5.41, 5.74) is 1.42. The van der Waals surface area contributed by atoms with Gasteiger partial charge in [0.2, 0.25) is 0 Å². The first-order valence-electron chi connectivity index (χ1n) is 11.8. The zero-order chi connectivity index (χ0) is 23.1. The highest BCUT2D eigenvalue weighted by Crippen LogP contribution is 2.65. The molecule has 5 aromatic carbocycles. The van der Waals surface area contributed by atoms with E-state index in [1.165, 1.54) is 26.8 Å². The molecule has 0 aliphatic carbocycles. The SMILES string of the molecule is c1ccc(C[P+](CP(c2ccccc2)c2ccccc2)(c2ccccc2)c2ccccc2)cc1. The van der Waals surface area contributed by atoms with Crippen molar-refractivity contribution >= 4 is 36.4 Å². The van der Waals surface area contributed by atoms with Crippen LogP contribution in [0.1, 0.15) is 5.56 Å². The molecule has 0 atom stereocenters. The zero-order valence-electron chi connectivity index (χ0n) is 19.2. The average Bonchev–Trinajstić information content (AvgIpc) is 2.93. The first-order chi connectivity index (χ1) is 16.9. The van der Waals surface area contributed by atoms with Crippen LogP contribution in [0.5, 0.6) is 0 Å². The minimum absolute atomic E-state index is 0.533. The van der Waals surface area contributed by atoms with Gasteiger partial charge in [-0.3, -0.25) is 0 Å². The van der Waals surface area contributed by atoms with Gasteiger partial charge in [0, 0.05) is 0 Å². The van der Waals surface area contributed by atoms with Gasteiger partial charge in [-0.25, -0.2) is 0 Å². The molecule has 0 nitrogen and oxygen atoms in total. The summed E-state index contributed by atoms with van der Waals surface area (Å²) in [4.78, 5) is 0. The standard InChI is InChI=1S/C32H29P2/c1-6-16-28(17-7-1)26-34(31-22-12-4-13-23-31,32-24-14-5-15-25-32)27-33(29-18-8-2-9-19-29)30-20-10-3-11-21-30/h1-25H,26-27H2/q+1. The number of benzene rings is 5. The molecule has 0 aromatic heterocycles. The molecule has 34 heavy (non-hydrogen) atoms. The molecule has 0 aliphatic heterocycles. The fourth-order valence-corrected chi connectivity index (χ4v) is 13.9. The third kappa shape index (κ3) is 5.05. The van der Waals surface area contributed by atoms with Crippen molar-refractivity contribution in [3.63, 3.8) is 0 Å². The predicted octanol–water partition coefficient (Wildman–Crippen LogP) is 6.95. The Bertz CT molecular complexity index is 1190. The summed E-state index contributed by atoms with van der Waals surface area (Å²) >= 11 is 0. The Morgan fingerprint density at radius 3 is 1.18 bits per heavy atom. The molecule has 0 aliphatic rings. The van der Waals surface area contributed by atoms with Gasteiger partial charge in [-0.15, -0.1) is 0 Å². The molecule has 0 radical (unpaired) electrons. The van der Waals surface area contributed by atoms with Gasteiger partial charge < -0.3 is 0 Å². The van der Waals surface area contributed by atoms with Crippen LogP contribution >= 0.6 is 15.2 Å². The van der Waals surface area contributed by atoms with Gasteiger partial charge in [-0.05, 0) is 48.4 Å². The lowest BCUT2D eigenvalue weighted by atomic mass is 10.2. The van der Waals surface area contributed by atoms with Crippen molar-refractivity contribution in [1.29, 1.82) is 0 Å². The average molecular weight is 476 g/mol. The van der Waals surface area contributed by atoms with Crippen LogP contribution in [0.4, 0.5) is 0 Å². The molecule has 0 N–H and O–H groups in total. The van der Waals surface area contributed by atoms with E-state index in [1.54, 1.807) is 0 Å². The lowest BCUT2D eigenvalue weighted by Crippen LogP contribution is -2.29. The quantitative estimate of drug-likeness (QED) is 0.213. The third-order valence-electron chi connectivity index (χ3n) is 6.31. The highest BCUT2D eigenvalue weighted by Gasteiger charge is 2.45. The molecule has 0 saturated carbocycles. The maximum Gasteiger partial charge on any atom is 0.0999 e. The zero-order valence-corrected chi connectivity index (χ0v) is 21.0. The van der Waals surface area contributed by atoms with E-state index in [0.29, 0.717) is 0 Å². The van der Waals surface area contributed by atoms with Crippen molar-refractivity contribution in [2.75, 3.05) is 5.90 Å². The first-order valence-corrected chi connectivity index (χ1v) is 15.4. The van der Waals surface area contributed by atoms with Crippen molar-refractivity contribution in [3.8, 4) is 0 Å². The van der Waals surface area contributed by atoms with E-state index in [-0.39, 0.29) is 0 Å². The summed E-state index contributed by atoms with van der Waals surface area (Å²) in [6.45, 7) is 0. The van der Waals surface area contributed by atoms with Gasteiger partial charge in [-0.2, -0.15) is 0 Å². The Balaban J connectivity index is 1.72. The van der Waals surface area contributed by atoms with Gasteiger partial charge in [0.05, 0.1) is 29.9 Å². The Labute approximate surface area is 205 Å². The van der Waals surface area contributed by atoms with Crippen LogP contribution in [0, 0.1) is 0 Å². The smallest absolute Gasteiger partial charge is 0.0622 e. The van der Waals surface area contributed by atoms with Crippen molar-refractivity contribution < 1.29 is 0 Å². The number of hydrogen-bond acceptors (Lipinski definition) is 0. The van der Waals surface area contributed by atoms with E-state index < -0.39 is 15.2 Å². The largest absolute Gasteiger partial charge is 0.0999 e. The Kier molecular flexibility index (Phi) is 7.31. The molecule has 0 fully saturated rings. The topological polar surface area (TPSA) is 0 Å². The molecule has 2 heteroatoms. The summed E-state index contributed by atoms with van der Waals surface area (Å²) in [6, 6.07) is 56.0. The van der Waals surface area contributed by atoms with Crippen LogP contribution in [0.2, 0.25) is 0 Å². The van der Waals surface area contributed by atoms with Crippen LogP contribution in [-0.2, 0) is 6.16 Å². The van der Waals surface area contributed by atoms with Crippen LogP contribution in [0.15, 0.2) is 152 Å². The van der Waals surface area contributed by atoms with E-state index >= 15 is 0 Å². The molecule has 5 aromatic rings. The molecule has 0 saturated heterocycles. The molecule has 166 valence electrons. The van der Waals surface area contributed by atoms with Gasteiger partial charge in [0.25, 0.3) is 0 Å². The van der Waals surface area contributed by atoms with Crippen molar-refractivity contribution in [3.05, 3.63) is 157 Å². The fraction of sp³-hybridized carbons (Fsp3) is 0.0625. The molecular weight excluding hydrogens is 446 g/mol. The molecule has 0 spiro atoms. The highest BCUT2D eigenvalue weighted by molar-refractivity contribution is 7.98. The van der Waals surface area contributed by atoms with E-state index in [4.69, 9.17) is 0 Å². The highest BCUT2D eigenvalue weighted by atomic mass is 31.2. The minimum atomic E-state index is -1.78. The Hall–Kier alpha value is -3.04. The second kappa shape index (κ2) is 10.9. The van der Waals surface area contributed by atoms with Gasteiger partial charge in [0.15, 0.2) is 0 Å². The van der Waals surface area contributed by atoms with E-state index in [2.05, 4.69) is 152 Å². The Morgan fingerprint density at radius 2 is 0.765 bits per heavy atom. The van der Waals surface area contributed by atoms with E-state index in [9.17, 15) is 0 Å². The third-order valence-corrected chi connectivity index (χ3v) is 14.7. The van der Waals surface area contributed by atoms with E-state index in [1.807, 2.05) is 0 Å². The molecule has 0 amide bonds. The molecule has 0 unspecified atom stereocenters. The van der Waals surface area contributed by atoms with Crippen LogP contribution in [-0.4, -0.2) is 5.90 Å². The minimum Gasteiger partial charge on any atom is -0.0622 e. The van der Waals surface area contributed by atoms with Crippen LogP contribution in [0.3, 0.4) is 0 Å². The summed E-state index contributed by atoms with van der Waals surface area (Å²) in [7, 11) is -2.31. The first kappa shape index (κ1) is 22.7. The summed E-state index contributed by atoms with van der Waals surface area (Å²) in [5, 5.41) is 5.88.